The first kappa shape index (κ1) is 20.8. The average molecular weight is 436 g/mol. The van der Waals surface area contributed by atoms with Crippen molar-refractivity contribution in [3.63, 3.8) is 0 Å². The lowest BCUT2D eigenvalue weighted by Crippen LogP contribution is -2.45. The summed E-state index contributed by atoms with van der Waals surface area (Å²) in [5.74, 6) is -0.508. The maximum absolute atomic E-state index is 12.7. The summed E-state index contributed by atoms with van der Waals surface area (Å²) in [5, 5.41) is 3.65. The highest BCUT2D eigenvalue weighted by Gasteiger charge is 2.29. The number of benzene rings is 2. The summed E-state index contributed by atoms with van der Waals surface area (Å²) in [7, 11) is -3.76. The number of carbonyl (C=O) groups is 1. The molecule has 26 heavy (non-hydrogen) atoms. The van der Waals surface area contributed by atoms with Crippen molar-refractivity contribution < 1.29 is 13.2 Å². The van der Waals surface area contributed by atoms with Crippen molar-refractivity contribution in [1.29, 1.82) is 0 Å². The van der Waals surface area contributed by atoms with Gasteiger partial charge in [-0.1, -0.05) is 40.9 Å². The second kappa shape index (κ2) is 8.05. The topological polar surface area (TPSA) is 66.5 Å². The first-order valence-corrected chi connectivity index (χ1v) is 10.5. The van der Waals surface area contributed by atoms with Gasteiger partial charge in [0.25, 0.3) is 0 Å². The molecule has 1 N–H and O–H groups in total. The summed E-state index contributed by atoms with van der Waals surface area (Å²) >= 11 is 17.8. The second-order valence-corrected chi connectivity index (χ2v) is 8.89. The Morgan fingerprint density at radius 2 is 1.73 bits per heavy atom. The lowest BCUT2D eigenvalue weighted by Gasteiger charge is -2.28. The van der Waals surface area contributed by atoms with Crippen LogP contribution >= 0.6 is 34.8 Å². The van der Waals surface area contributed by atoms with Crippen LogP contribution in [0.4, 0.5) is 11.4 Å². The number of sulfonamides is 1. The highest BCUT2D eigenvalue weighted by atomic mass is 35.5. The van der Waals surface area contributed by atoms with E-state index in [0.29, 0.717) is 10.7 Å². The third kappa shape index (κ3) is 4.82. The molecule has 0 aromatic heterocycles. The van der Waals surface area contributed by atoms with E-state index in [9.17, 15) is 13.2 Å². The van der Waals surface area contributed by atoms with Crippen LogP contribution in [0.3, 0.4) is 0 Å². The first-order valence-electron chi connectivity index (χ1n) is 7.52. The van der Waals surface area contributed by atoms with E-state index in [0.717, 1.165) is 16.1 Å². The number of anilines is 2. The molecule has 9 heteroatoms. The quantitative estimate of drug-likeness (QED) is 0.737. The summed E-state index contributed by atoms with van der Waals surface area (Å²) in [6.45, 7) is 3.29. The number of hydrogen-bond acceptors (Lipinski definition) is 3. The molecule has 0 aliphatic rings. The third-order valence-corrected chi connectivity index (χ3v) is 5.92. The highest BCUT2D eigenvalue weighted by Crippen LogP contribution is 2.30. The lowest BCUT2D eigenvalue weighted by molar-refractivity contribution is -0.116. The van der Waals surface area contributed by atoms with Crippen LogP contribution in [0.2, 0.25) is 15.1 Å². The third-order valence-electron chi connectivity index (χ3n) is 3.70. The molecule has 0 aliphatic heterocycles. The molecule has 0 spiro atoms. The molecule has 2 rings (SSSR count). The minimum atomic E-state index is -3.76. The second-order valence-electron chi connectivity index (χ2n) is 5.78. The van der Waals surface area contributed by atoms with Crippen LogP contribution in [0.1, 0.15) is 12.5 Å². The zero-order valence-corrected chi connectivity index (χ0v) is 17.3. The molecule has 1 amide bonds. The van der Waals surface area contributed by atoms with E-state index in [4.69, 9.17) is 34.8 Å². The van der Waals surface area contributed by atoms with Crippen LogP contribution in [0.25, 0.3) is 0 Å². The zero-order chi connectivity index (χ0) is 19.6. The van der Waals surface area contributed by atoms with Crippen molar-refractivity contribution in [2.24, 2.45) is 0 Å². The summed E-state index contributed by atoms with van der Waals surface area (Å²) in [6.07, 6.45) is 1.02. The molecule has 0 heterocycles. The Morgan fingerprint density at radius 1 is 1.08 bits per heavy atom. The molecule has 2 aromatic rings. The van der Waals surface area contributed by atoms with Gasteiger partial charge in [0.2, 0.25) is 15.9 Å². The lowest BCUT2D eigenvalue weighted by atomic mass is 10.2. The molecule has 0 saturated heterocycles. The molecule has 1 atom stereocenters. The number of aryl methyl sites for hydroxylation is 1. The molecule has 0 fully saturated rings. The van der Waals surface area contributed by atoms with Crippen LogP contribution < -0.4 is 9.62 Å². The van der Waals surface area contributed by atoms with Crippen molar-refractivity contribution in [2.75, 3.05) is 15.9 Å². The number of amides is 1. The molecule has 2 aromatic carbocycles. The molecule has 0 radical (unpaired) electrons. The summed E-state index contributed by atoms with van der Waals surface area (Å²) in [6, 6.07) is 8.41. The van der Waals surface area contributed by atoms with E-state index < -0.39 is 22.0 Å². The summed E-state index contributed by atoms with van der Waals surface area (Å²) < 4.78 is 25.6. The molecule has 140 valence electrons. The molecular weight excluding hydrogens is 419 g/mol. The Hall–Kier alpha value is -1.47. The van der Waals surface area contributed by atoms with Gasteiger partial charge >= 0.3 is 0 Å². The largest absolute Gasteiger partial charge is 0.324 e. The fourth-order valence-electron chi connectivity index (χ4n) is 2.40. The van der Waals surface area contributed by atoms with Gasteiger partial charge in [-0.15, -0.1) is 0 Å². The van der Waals surface area contributed by atoms with E-state index in [1.165, 1.54) is 25.1 Å². The Kier molecular flexibility index (Phi) is 6.45. The predicted octanol–water partition coefficient (Wildman–Crippen LogP) is 4.75. The number of hydrogen-bond donors (Lipinski definition) is 1. The summed E-state index contributed by atoms with van der Waals surface area (Å²) in [4.78, 5) is 12.7. The van der Waals surface area contributed by atoms with Gasteiger partial charge < -0.3 is 5.32 Å². The van der Waals surface area contributed by atoms with Gasteiger partial charge in [0.15, 0.2) is 0 Å². The molecule has 5 nitrogen and oxygen atoms in total. The van der Waals surface area contributed by atoms with Crippen LogP contribution in [0.5, 0.6) is 0 Å². The van der Waals surface area contributed by atoms with E-state index in [-0.39, 0.29) is 15.7 Å². The Balaban J connectivity index is 2.37. The number of halogens is 3. The predicted molar refractivity (Wildman–Crippen MR) is 108 cm³/mol. The first-order chi connectivity index (χ1) is 12.0. The van der Waals surface area contributed by atoms with Crippen molar-refractivity contribution in [3.8, 4) is 0 Å². The number of carbonyl (C=O) groups excluding carboxylic acids is 1. The molecule has 1 unspecified atom stereocenters. The smallest absolute Gasteiger partial charge is 0.248 e. The maximum Gasteiger partial charge on any atom is 0.248 e. The average Bonchev–Trinajstić information content (AvgIpc) is 2.53. The summed E-state index contributed by atoms with van der Waals surface area (Å²) in [5.41, 5.74) is 1.56. The molecular formula is C17H17Cl3N2O3S. The van der Waals surface area contributed by atoms with Gasteiger partial charge in [-0.2, -0.15) is 0 Å². The highest BCUT2D eigenvalue weighted by molar-refractivity contribution is 7.92. The monoisotopic (exact) mass is 434 g/mol. The normalized spacial score (nSPS) is 12.5. The molecule has 0 saturated carbocycles. The van der Waals surface area contributed by atoms with Crippen molar-refractivity contribution in [1.82, 2.24) is 0 Å². The number of nitrogens with one attached hydrogen (secondary N) is 1. The van der Waals surface area contributed by atoms with Gasteiger partial charge in [-0.3, -0.25) is 9.10 Å². The molecule has 0 bridgehead atoms. The van der Waals surface area contributed by atoms with Crippen LogP contribution in [0.15, 0.2) is 36.4 Å². The van der Waals surface area contributed by atoms with Gasteiger partial charge in [-0.05, 0) is 49.7 Å². The Morgan fingerprint density at radius 3 is 2.31 bits per heavy atom. The maximum atomic E-state index is 12.7. The van der Waals surface area contributed by atoms with E-state index in [1.54, 1.807) is 18.2 Å². The van der Waals surface area contributed by atoms with Crippen LogP contribution in [-0.2, 0) is 14.8 Å². The van der Waals surface area contributed by atoms with Gasteiger partial charge in [0.1, 0.15) is 6.04 Å². The van der Waals surface area contributed by atoms with E-state index in [2.05, 4.69) is 5.32 Å². The fourth-order valence-corrected chi connectivity index (χ4v) is 4.03. The number of nitrogens with zero attached hydrogens (tertiary/aromatic N) is 1. The van der Waals surface area contributed by atoms with Crippen molar-refractivity contribution in [2.45, 2.75) is 19.9 Å². The SMILES string of the molecule is Cc1ccc(Cl)cc1NC(=O)C(C)N(c1ccc(Cl)c(Cl)c1)S(C)(=O)=O. The van der Waals surface area contributed by atoms with Gasteiger partial charge in [-0.25, -0.2) is 8.42 Å². The minimum absolute atomic E-state index is 0.191. The van der Waals surface area contributed by atoms with Crippen molar-refractivity contribution >= 4 is 62.1 Å². The Bertz CT molecular complexity index is 948. The zero-order valence-electron chi connectivity index (χ0n) is 14.3. The van der Waals surface area contributed by atoms with Gasteiger partial charge in [0.05, 0.1) is 22.0 Å². The van der Waals surface area contributed by atoms with Crippen LogP contribution in [-0.4, -0.2) is 26.6 Å². The standard InChI is InChI=1S/C17H17Cl3N2O3S/c1-10-4-5-12(18)8-16(10)21-17(23)11(2)22(26(3,24)25)13-6-7-14(19)15(20)9-13/h4-9,11H,1-3H3,(H,21,23). The fraction of sp³-hybridized carbons (Fsp3) is 0.235. The number of rotatable bonds is 5. The van der Waals surface area contributed by atoms with Crippen molar-refractivity contribution in [3.05, 3.63) is 57.0 Å². The minimum Gasteiger partial charge on any atom is -0.324 e. The van der Waals surface area contributed by atoms with E-state index >= 15 is 0 Å². The Labute approximate surface area is 167 Å². The van der Waals surface area contributed by atoms with E-state index in [1.807, 2.05) is 6.92 Å². The molecule has 0 aliphatic carbocycles. The van der Waals surface area contributed by atoms with Crippen LogP contribution in [0, 0.1) is 6.92 Å². The van der Waals surface area contributed by atoms with Gasteiger partial charge in [0, 0.05) is 10.7 Å².